The van der Waals surface area contributed by atoms with E-state index in [2.05, 4.69) is 29.6 Å². The van der Waals surface area contributed by atoms with Gasteiger partial charge >= 0.3 is 12.1 Å². The molecule has 0 saturated carbocycles. The van der Waals surface area contributed by atoms with Gasteiger partial charge in [-0.05, 0) is 59.4 Å². The van der Waals surface area contributed by atoms with Crippen LogP contribution in [-0.4, -0.2) is 47.2 Å². The Balaban J connectivity index is 1.21. The minimum Gasteiger partial charge on any atom is -0.480 e. The van der Waals surface area contributed by atoms with E-state index in [0.717, 1.165) is 22.3 Å². The third-order valence-electron chi connectivity index (χ3n) is 6.52. The minimum absolute atomic E-state index is 0.0270. The summed E-state index contributed by atoms with van der Waals surface area (Å²) in [7, 11) is 0. The van der Waals surface area contributed by atoms with Gasteiger partial charge in [-0.1, -0.05) is 48.5 Å². The Morgan fingerprint density at radius 2 is 1.53 bits per heavy atom. The zero-order chi connectivity index (χ0) is 23.7. The first-order valence-corrected chi connectivity index (χ1v) is 11.3. The molecule has 3 aromatic carbocycles. The molecule has 1 aliphatic heterocycles. The Hall–Kier alpha value is -4.13. The summed E-state index contributed by atoms with van der Waals surface area (Å²) in [5.41, 5.74) is 5.48. The predicted molar refractivity (Wildman–Crippen MR) is 127 cm³/mol. The van der Waals surface area contributed by atoms with E-state index in [0.29, 0.717) is 30.6 Å². The number of carbonyl (C=O) groups excluding carboxylic acids is 2. The smallest absolute Gasteiger partial charge is 0.411 e. The van der Waals surface area contributed by atoms with Crippen molar-refractivity contribution in [3.05, 3.63) is 89.5 Å². The van der Waals surface area contributed by atoms with E-state index in [1.807, 2.05) is 24.3 Å². The van der Waals surface area contributed by atoms with E-state index in [1.54, 1.807) is 24.3 Å². The Labute approximate surface area is 197 Å². The van der Waals surface area contributed by atoms with Crippen LogP contribution in [0.2, 0.25) is 0 Å². The Morgan fingerprint density at radius 1 is 0.912 bits per heavy atom. The molecule has 1 fully saturated rings. The van der Waals surface area contributed by atoms with Gasteiger partial charge in [0.25, 0.3) is 5.91 Å². The summed E-state index contributed by atoms with van der Waals surface area (Å²) in [6.45, 7) is 0.636. The van der Waals surface area contributed by atoms with Crippen molar-refractivity contribution in [2.45, 2.75) is 24.8 Å². The molecule has 34 heavy (non-hydrogen) atoms. The van der Waals surface area contributed by atoms with Crippen molar-refractivity contribution in [3.63, 3.8) is 0 Å². The van der Waals surface area contributed by atoms with Crippen LogP contribution in [0, 0.1) is 0 Å². The van der Waals surface area contributed by atoms with Crippen molar-refractivity contribution >= 4 is 23.7 Å². The van der Waals surface area contributed by atoms with Crippen LogP contribution in [0.5, 0.6) is 0 Å². The third kappa shape index (κ3) is 4.01. The average molecular weight is 456 g/mol. The molecule has 0 radical (unpaired) electrons. The third-order valence-corrected chi connectivity index (χ3v) is 6.52. The van der Waals surface area contributed by atoms with Crippen molar-refractivity contribution in [2.24, 2.45) is 0 Å². The maximum Gasteiger partial charge on any atom is 0.411 e. The fourth-order valence-corrected chi connectivity index (χ4v) is 4.88. The van der Waals surface area contributed by atoms with Gasteiger partial charge in [0.05, 0.1) is 0 Å². The van der Waals surface area contributed by atoms with Gasteiger partial charge in [-0.3, -0.25) is 10.1 Å². The summed E-state index contributed by atoms with van der Waals surface area (Å²) in [4.78, 5) is 37.9. The van der Waals surface area contributed by atoms with Gasteiger partial charge in [-0.2, -0.15) is 0 Å². The van der Waals surface area contributed by atoms with Gasteiger partial charge in [0.15, 0.2) is 0 Å². The van der Waals surface area contributed by atoms with Crippen molar-refractivity contribution in [3.8, 4) is 11.1 Å². The van der Waals surface area contributed by atoms with Crippen LogP contribution in [0.4, 0.5) is 10.5 Å². The molecule has 172 valence electrons. The van der Waals surface area contributed by atoms with E-state index in [1.165, 1.54) is 4.90 Å². The van der Waals surface area contributed by atoms with E-state index >= 15 is 0 Å². The molecular weight excluding hydrogens is 432 g/mol. The topological polar surface area (TPSA) is 95.9 Å². The normalized spacial score (nSPS) is 16.6. The highest BCUT2D eigenvalue weighted by Gasteiger charge is 2.34. The highest BCUT2D eigenvalue weighted by atomic mass is 16.5. The van der Waals surface area contributed by atoms with E-state index in [-0.39, 0.29) is 18.4 Å². The molecule has 1 heterocycles. The van der Waals surface area contributed by atoms with Crippen LogP contribution in [-0.2, 0) is 9.53 Å². The summed E-state index contributed by atoms with van der Waals surface area (Å²) in [5, 5.41) is 12.0. The lowest BCUT2D eigenvalue weighted by Gasteiger charge is -2.21. The van der Waals surface area contributed by atoms with Crippen molar-refractivity contribution in [2.75, 3.05) is 18.5 Å². The Bertz CT molecular complexity index is 1210. The number of benzene rings is 3. The first-order chi connectivity index (χ1) is 16.5. The van der Waals surface area contributed by atoms with Gasteiger partial charge in [0, 0.05) is 23.7 Å². The number of anilines is 1. The summed E-state index contributed by atoms with van der Waals surface area (Å²) in [5.74, 6) is -1.34. The standard InChI is InChI=1S/C27H24N2O5/c30-25(29-15-5-10-24(29)26(31)32)17-11-13-18(14-12-17)28-27(33)34-16-23-21-8-3-1-6-19(21)20-7-2-4-9-22(20)23/h1-4,6-9,11-14,23-24H,5,10,15-16H2,(H,28,33)(H,31,32). The van der Waals surface area contributed by atoms with Gasteiger partial charge in [-0.15, -0.1) is 0 Å². The second-order valence-corrected chi connectivity index (χ2v) is 8.52. The SMILES string of the molecule is O=C(Nc1ccc(C(=O)N2CCCC2C(=O)O)cc1)OCC1c2ccccc2-c2ccccc21. The number of aliphatic carboxylic acids is 1. The lowest BCUT2D eigenvalue weighted by atomic mass is 9.98. The number of fused-ring (bicyclic) bond motifs is 3. The van der Waals surface area contributed by atoms with Gasteiger partial charge in [0.1, 0.15) is 12.6 Å². The van der Waals surface area contributed by atoms with Crippen molar-refractivity contribution in [1.82, 2.24) is 4.90 Å². The van der Waals surface area contributed by atoms with Crippen LogP contribution < -0.4 is 5.32 Å². The minimum atomic E-state index is -0.987. The number of hydrogen-bond acceptors (Lipinski definition) is 4. The monoisotopic (exact) mass is 456 g/mol. The fraction of sp³-hybridized carbons (Fsp3) is 0.222. The second kappa shape index (κ2) is 9.02. The van der Waals surface area contributed by atoms with Crippen molar-refractivity contribution < 1.29 is 24.2 Å². The number of hydrogen-bond donors (Lipinski definition) is 2. The molecule has 1 aliphatic carbocycles. The number of likely N-dealkylation sites (tertiary alicyclic amines) is 1. The summed E-state index contributed by atoms with van der Waals surface area (Å²) in [6, 6.07) is 21.9. The van der Waals surface area contributed by atoms with E-state index in [4.69, 9.17) is 4.74 Å². The predicted octanol–water partition coefficient (Wildman–Crippen LogP) is 4.74. The Morgan fingerprint density at radius 3 is 2.15 bits per heavy atom. The quantitative estimate of drug-likeness (QED) is 0.578. The molecule has 0 aromatic heterocycles. The fourth-order valence-electron chi connectivity index (χ4n) is 4.88. The zero-order valence-corrected chi connectivity index (χ0v) is 18.4. The molecule has 2 aliphatic rings. The molecule has 2 N–H and O–H groups in total. The van der Waals surface area contributed by atoms with Crippen LogP contribution in [0.1, 0.15) is 40.2 Å². The number of ether oxygens (including phenoxy) is 1. The van der Waals surface area contributed by atoms with Gasteiger partial charge < -0.3 is 14.7 Å². The number of rotatable bonds is 5. The molecule has 3 aromatic rings. The average Bonchev–Trinajstić information content (AvgIpc) is 3.46. The molecule has 0 bridgehead atoms. The lowest BCUT2D eigenvalue weighted by Crippen LogP contribution is -2.40. The second-order valence-electron chi connectivity index (χ2n) is 8.52. The maximum absolute atomic E-state index is 12.7. The number of carboxylic acid groups (broad SMARTS) is 1. The first-order valence-electron chi connectivity index (χ1n) is 11.3. The zero-order valence-electron chi connectivity index (χ0n) is 18.4. The van der Waals surface area contributed by atoms with Gasteiger partial charge in [0.2, 0.25) is 0 Å². The molecule has 5 rings (SSSR count). The van der Waals surface area contributed by atoms with Crippen LogP contribution in [0.25, 0.3) is 11.1 Å². The number of nitrogens with one attached hydrogen (secondary N) is 1. The molecule has 7 nitrogen and oxygen atoms in total. The largest absolute Gasteiger partial charge is 0.480 e. The molecule has 1 atom stereocenters. The molecule has 7 heteroatoms. The summed E-state index contributed by atoms with van der Waals surface area (Å²) in [6.07, 6.45) is 0.554. The summed E-state index contributed by atoms with van der Waals surface area (Å²) < 4.78 is 5.55. The first kappa shape index (κ1) is 21.7. The number of carbonyl (C=O) groups is 3. The van der Waals surface area contributed by atoms with Crippen LogP contribution in [0.15, 0.2) is 72.8 Å². The molecule has 0 spiro atoms. The number of carboxylic acids is 1. The van der Waals surface area contributed by atoms with E-state index in [9.17, 15) is 19.5 Å². The number of amides is 2. The summed E-state index contributed by atoms with van der Waals surface area (Å²) >= 11 is 0. The highest BCUT2D eigenvalue weighted by Crippen LogP contribution is 2.44. The molecule has 2 amide bonds. The van der Waals surface area contributed by atoms with Gasteiger partial charge in [-0.25, -0.2) is 9.59 Å². The van der Waals surface area contributed by atoms with Crippen LogP contribution >= 0.6 is 0 Å². The Kier molecular flexibility index (Phi) is 5.76. The number of nitrogens with zero attached hydrogens (tertiary/aromatic N) is 1. The van der Waals surface area contributed by atoms with Crippen molar-refractivity contribution in [1.29, 1.82) is 0 Å². The lowest BCUT2D eigenvalue weighted by molar-refractivity contribution is -0.141. The maximum atomic E-state index is 12.7. The molecule has 1 saturated heterocycles. The van der Waals surface area contributed by atoms with Crippen LogP contribution in [0.3, 0.4) is 0 Å². The highest BCUT2D eigenvalue weighted by molar-refractivity contribution is 5.97. The molecular formula is C27H24N2O5. The molecule has 1 unspecified atom stereocenters. The van der Waals surface area contributed by atoms with E-state index < -0.39 is 18.1 Å².